The van der Waals surface area contributed by atoms with E-state index in [0.717, 1.165) is 50.9 Å². The lowest BCUT2D eigenvalue weighted by Gasteiger charge is -2.39. The molecule has 1 saturated heterocycles. The number of amides is 2. The van der Waals surface area contributed by atoms with Crippen molar-refractivity contribution in [3.05, 3.63) is 11.4 Å². The van der Waals surface area contributed by atoms with Gasteiger partial charge < -0.3 is 15.5 Å². The molecule has 28 heavy (non-hydrogen) atoms. The van der Waals surface area contributed by atoms with Gasteiger partial charge in [0.05, 0.1) is 11.7 Å². The number of piperidine rings is 1. The minimum absolute atomic E-state index is 0.0361. The SMILES string of the molecule is CCN(CC)C(=O)C1(NC(=O)c2nnn(C3CCNCC3)c2C)CCCCC1. The molecule has 1 saturated carbocycles. The van der Waals surface area contributed by atoms with E-state index < -0.39 is 5.54 Å². The van der Waals surface area contributed by atoms with E-state index in [4.69, 9.17) is 0 Å². The van der Waals surface area contributed by atoms with E-state index in [-0.39, 0.29) is 17.9 Å². The molecule has 2 heterocycles. The van der Waals surface area contributed by atoms with Crippen molar-refractivity contribution in [1.29, 1.82) is 0 Å². The number of nitrogens with zero attached hydrogens (tertiary/aromatic N) is 4. The van der Waals surface area contributed by atoms with Crippen molar-refractivity contribution < 1.29 is 9.59 Å². The van der Waals surface area contributed by atoms with Crippen LogP contribution in [0.25, 0.3) is 0 Å². The van der Waals surface area contributed by atoms with E-state index in [1.165, 1.54) is 0 Å². The van der Waals surface area contributed by atoms with Crippen LogP contribution < -0.4 is 10.6 Å². The van der Waals surface area contributed by atoms with Gasteiger partial charge >= 0.3 is 0 Å². The van der Waals surface area contributed by atoms with Gasteiger partial charge in [0.25, 0.3) is 5.91 Å². The Kier molecular flexibility index (Phi) is 6.69. The van der Waals surface area contributed by atoms with Crippen molar-refractivity contribution in [3.63, 3.8) is 0 Å². The van der Waals surface area contributed by atoms with Gasteiger partial charge in [-0.2, -0.15) is 0 Å². The normalized spacial score (nSPS) is 20.0. The molecule has 0 atom stereocenters. The van der Waals surface area contributed by atoms with Gasteiger partial charge in [-0.05, 0) is 59.5 Å². The van der Waals surface area contributed by atoms with E-state index in [9.17, 15) is 9.59 Å². The Morgan fingerprint density at radius 2 is 1.82 bits per heavy atom. The third-order valence-corrected chi connectivity index (χ3v) is 6.32. The molecule has 0 aromatic carbocycles. The van der Waals surface area contributed by atoms with Crippen molar-refractivity contribution in [1.82, 2.24) is 30.5 Å². The maximum absolute atomic E-state index is 13.2. The monoisotopic (exact) mass is 390 g/mol. The molecule has 3 rings (SSSR count). The summed E-state index contributed by atoms with van der Waals surface area (Å²) in [7, 11) is 0. The number of nitrogens with one attached hydrogen (secondary N) is 2. The van der Waals surface area contributed by atoms with Gasteiger partial charge in [0, 0.05) is 13.1 Å². The number of likely N-dealkylation sites (N-methyl/N-ethyl adjacent to an activating group) is 1. The lowest BCUT2D eigenvalue weighted by molar-refractivity contribution is -0.139. The van der Waals surface area contributed by atoms with Crippen molar-refractivity contribution in [2.75, 3.05) is 26.2 Å². The van der Waals surface area contributed by atoms with Crippen LogP contribution in [0.4, 0.5) is 0 Å². The van der Waals surface area contributed by atoms with Gasteiger partial charge in [0.2, 0.25) is 5.91 Å². The van der Waals surface area contributed by atoms with E-state index in [2.05, 4.69) is 20.9 Å². The number of rotatable bonds is 6. The predicted molar refractivity (Wildman–Crippen MR) is 107 cm³/mol. The van der Waals surface area contributed by atoms with Gasteiger partial charge in [-0.1, -0.05) is 24.5 Å². The zero-order chi connectivity index (χ0) is 20.1. The molecule has 2 aliphatic rings. The zero-order valence-electron chi connectivity index (χ0n) is 17.5. The average Bonchev–Trinajstić information content (AvgIpc) is 3.11. The Morgan fingerprint density at radius 1 is 1.18 bits per heavy atom. The van der Waals surface area contributed by atoms with Crippen LogP contribution in [0, 0.1) is 6.92 Å². The van der Waals surface area contributed by atoms with Crippen LogP contribution in [0.15, 0.2) is 0 Å². The van der Waals surface area contributed by atoms with Crippen molar-refractivity contribution in [3.8, 4) is 0 Å². The second-order valence-corrected chi connectivity index (χ2v) is 8.02. The predicted octanol–water partition coefficient (Wildman–Crippen LogP) is 1.81. The van der Waals surface area contributed by atoms with Crippen LogP contribution in [-0.4, -0.2) is 63.4 Å². The third kappa shape index (κ3) is 4.06. The minimum atomic E-state index is -0.813. The summed E-state index contributed by atoms with van der Waals surface area (Å²) in [6.07, 6.45) is 6.35. The summed E-state index contributed by atoms with van der Waals surface area (Å²) in [6.45, 7) is 9.06. The standard InChI is InChI=1S/C20H34N6O2/c1-4-25(5-2)19(28)20(11-7-6-8-12-20)22-18(27)17-15(3)26(24-23-17)16-9-13-21-14-10-16/h16,21H,4-14H2,1-3H3,(H,22,27). The lowest BCUT2D eigenvalue weighted by Crippen LogP contribution is -2.60. The maximum Gasteiger partial charge on any atom is 0.274 e. The van der Waals surface area contributed by atoms with Crippen LogP contribution in [0.5, 0.6) is 0 Å². The first-order valence-corrected chi connectivity index (χ1v) is 10.8. The van der Waals surface area contributed by atoms with E-state index in [1.54, 1.807) is 0 Å². The Bertz CT molecular complexity index is 685. The molecular formula is C20H34N6O2. The second-order valence-electron chi connectivity index (χ2n) is 8.02. The van der Waals surface area contributed by atoms with Crippen LogP contribution in [0.3, 0.4) is 0 Å². The van der Waals surface area contributed by atoms with Crippen LogP contribution in [0.1, 0.15) is 81.0 Å². The van der Waals surface area contributed by atoms with Crippen molar-refractivity contribution in [2.45, 2.75) is 77.3 Å². The molecule has 1 aromatic rings. The highest BCUT2D eigenvalue weighted by Gasteiger charge is 2.43. The maximum atomic E-state index is 13.2. The quantitative estimate of drug-likeness (QED) is 0.773. The molecule has 2 fully saturated rings. The molecule has 0 radical (unpaired) electrons. The molecule has 1 aliphatic heterocycles. The highest BCUT2D eigenvalue weighted by Crippen LogP contribution is 2.31. The average molecular weight is 391 g/mol. The smallest absolute Gasteiger partial charge is 0.274 e. The number of carbonyl (C=O) groups is 2. The largest absolute Gasteiger partial charge is 0.341 e. The summed E-state index contributed by atoms with van der Waals surface area (Å²) < 4.78 is 1.88. The summed E-state index contributed by atoms with van der Waals surface area (Å²) in [5.74, 6) is -0.242. The summed E-state index contributed by atoms with van der Waals surface area (Å²) in [5.41, 5.74) is 0.313. The highest BCUT2D eigenvalue weighted by molar-refractivity contribution is 5.98. The number of hydrogen-bond donors (Lipinski definition) is 2. The molecule has 2 N–H and O–H groups in total. The van der Waals surface area contributed by atoms with Crippen LogP contribution in [0.2, 0.25) is 0 Å². The topological polar surface area (TPSA) is 92.2 Å². The summed E-state index contributed by atoms with van der Waals surface area (Å²) in [4.78, 5) is 28.2. The third-order valence-electron chi connectivity index (χ3n) is 6.32. The molecular weight excluding hydrogens is 356 g/mol. The fraction of sp³-hybridized carbons (Fsp3) is 0.800. The number of hydrogen-bond acceptors (Lipinski definition) is 5. The molecule has 0 unspecified atom stereocenters. The molecule has 8 heteroatoms. The summed E-state index contributed by atoms with van der Waals surface area (Å²) in [6, 6.07) is 0.274. The molecule has 2 amide bonds. The molecule has 156 valence electrons. The first kappa shape index (κ1) is 20.8. The van der Waals surface area contributed by atoms with Gasteiger partial charge in [0.15, 0.2) is 5.69 Å². The summed E-state index contributed by atoms with van der Waals surface area (Å²) in [5, 5.41) is 14.9. The van der Waals surface area contributed by atoms with E-state index >= 15 is 0 Å². The van der Waals surface area contributed by atoms with Gasteiger partial charge in [-0.3, -0.25) is 9.59 Å². The number of aromatic nitrogens is 3. The lowest BCUT2D eigenvalue weighted by atomic mass is 9.80. The van der Waals surface area contributed by atoms with Gasteiger partial charge in [-0.25, -0.2) is 4.68 Å². The van der Waals surface area contributed by atoms with Crippen LogP contribution in [-0.2, 0) is 4.79 Å². The molecule has 0 spiro atoms. The molecule has 1 aromatic heterocycles. The number of carbonyl (C=O) groups excluding carboxylic acids is 2. The van der Waals surface area contributed by atoms with Crippen molar-refractivity contribution in [2.24, 2.45) is 0 Å². The fourth-order valence-electron chi connectivity index (χ4n) is 4.59. The molecule has 1 aliphatic carbocycles. The Balaban J connectivity index is 1.80. The Hall–Kier alpha value is -1.96. The Labute approximate surface area is 167 Å². The second kappa shape index (κ2) is 9.03. The summed E-state index contributed by atoms with van der Waals surface area (Å²) >= 11 is 0. The first-order valence-electron chi connectivity index (χ1n) is 10.8. The van der Waals surface area contributed by atoms with E-state index in [1.807, 2.05) is 30.4 Å². The Morgan fingerprint density at radius 3 is 2.43 bits per heavy atom. The van der Waals surface area contributed by atoms with E-state index in [0.29, 0.717) is 31.6 Å². The molecule has 8 nitrogen and oxygen atoms in total. The van der Waals surface area contributed by atoms with Gasteiger partial charge in [-0.15, -0.1) is 5.10 Å². The van der Waals surface area contributed by atoms with Crippen molar-refractivity contribution >= 4 is 11.8 Å². The first-order chi connectivity index (χ1) is 13.5. The zero-order valence-corrected chi connectivity index (χ0v) is 17.5. The molecule has 0 bridgehead atoms. The minimum Gasteiger partial charge on any atom is -0.341 e. The van der Waals surface area contributed by atoms with Gasteiger partial charge in [0.1, 0.15) is 5.54 Å². The van der Waals surface area contributed by atoms with Crippen LogP contribution >= 0.6 is 0 Å². The fourth-order valence-corrected chi connectivity index (χ4v) is 4.59. The highest BCUT2D eigenvalue weighted by atomic mass is 16.2.